The van der Waals surface area contributed by atoms with Gasteiger partial charge in [0, 0.05) is 10.8 Å². The van der Waals surface area contributed by atoms with E-state index in [4.69, 9.17) is 16.3 Å². The van der Waals surface area contributed by atoms with Crippen molar-refractivity contribution in [3.63, 3.8) is 0 Å². The number of nitrogens with one attached hydrogen (secondary N) is 1. The van der Waals surface area contributed by atoms with Crippen molar-refractivity contribution in [2.45, 2.75) is 10.1 Å². The molecule has 1 N–H and O–H groups in total. The van der Waals surface area contributed by atoms with Crippen molar-refractivity contribution in [3.05, 3.63) is 77.3 Å². The second-order valence-corrected chi connectivity index (χ2v) is 8.73. The van der Waals surface area contributed by atoms with E-state index in [2.05, 4.69) is 45.8 Å². The summed E-state index contributed by atoms with van der Waals surface area (Å²) in [5.74, 6) is 1.07. The van der Waals surface area contributed by atoms with E-state index in [1.807, 2.05) is 12.1 Å². The van der Waals surface area contributed by atoms with Gasteiger partial charge in [-0.05, 0) is 40.6 Å². The van der Waals surface area contributed by atoms with Crippen LogP contribution in [0.4, 0.5) is 5.13 Å². The average Bonchev–Trinajstić information content (AvgIpc) is 3.19. The third-order valence-corrected chi connectivity index (χ3v) is 6.34. The molecule has 0 saturated carbocycles. The maximum atomic E-state index is 12.1. The summed E-state index contributed by atoms with van der Waals surface area (Å²) in [6, 6.07) is 21.4. The molecule has 0 bridgehead atoms. The number of rotatable bonds is 7. The molecule has 0 unspecified atom stereocenters. The number of ether oxygens (including phenoxy) is 1. The first-order chi connectivity index (χ1) is 14.2. The van der Waals surface area contributed by atoms with Crippen LogP contribution in [-0.4, -0.2) is 22.7 Å². The van der Waals surface area contributed by atoms with Crippen LogP contribution in [0.3, 0.4) is 0 Å². The van der Waals surface area contributed by atoms with Crippen LogP contribution >= 0.6 is 34.7 Å². The highest BCUT2D eigenvalue weighted by Crippen LogP contribution is 2.30. The minimum Gasteiger partial charge on any atom is -0.484 e. The van der Waals surface area contributed by atoms with E-state index in [-0.39, 0.29) is 12.5 Å². The molecule has 1 amide bonds. The number of aromatic nitrogens is 2. The van der Waals surface area contributed by atoms with Gasteiger partial charge in [-0.3, -0.25) is 10.1 Å². The molecule has 8 heteroatoms. The Bertz CT molecular complexity index is 1130. The molecule has 1 heterocycles. The van der Waals surface area contributed by atoms with Gasteiger partial charge in [-0.15, -0.1) is 10.2 Å². The van der Waals surface area contributed by atoms with E-state index >= 15 is 0 Å². The molecule has 0 aliphatic rings. The van der Waals surface area contributed by atoms with Crippen molar-refractivity contribution in [3.8, 4) is 5.75 Å². The Kier molecular flexibility index (Phi) is 6.29. The van der Waals surface area contributed by atoms with E-state index in [1.54, 1.807) is 36.0 Å². The number of thioether (sulfide) groups is 1. The van der Waals surface area contributed by atoms with Gasteiger partial charge in [0.25, 0.3) is 5.91 Å². The molecule has 4 rings (SSSR count). The highest BCUT2D eigenvalue weighted by atomic mass is 35.5. The maximum Gasteiger partial charge on any atom is 0.264 e. The van der Waals surface area contributed by atoms with Crippen molar-refractivity contribution >= 4 is 56.5 Å². The van der Waals surface area contributed by atoms with Crippen LogP contribution < -0.4 is 10.1 Å². The lowest BCUT2D eigenvalue weighted by atomic mass is 10.1. The number of nitrogens with zero attached hydrogens (tertiary/aromatic N) is 2. The Labute approximate surface area is 181 Å². The van der Waals surface area contributed by atoms with Gasteiger partial charge in [-0.2, -0.15) is 0 Å². The summed E-state index contributed by atoms with van der Waals surface area (Å²) in [7, 11) is 0. The van der Waals surface area contributed by atoms with Crippen molar-refractivity contribution in [2.75, 3.05) is 11.9 Å². The minimum atomic E-state index is -0.290. The lowest BCUT2D eigenvalue weighted by Gasteiger charge is -2.05. The predicted molar refractivity (Wildman–Crippen MR) is 119 cm³/mol. The third-order valence-electron chi connectivity index (χ3n) is 4.07. The zero-order chi connectivity index (χ0) is 20.1. The number of hydrogen-bond acceptors (Lipinski definition) is 6. The van der Waals surface area contributed by atoms with Crippen molar-refractivity contribution in [1.29, 1.82) is 0 Å². The van der Waals surface area contributed by atoms with Crippen LogP contribution in [0.1, 0.15) is 5.56 Å². The SMILES string of the molecule is O=C(COc1ccc(Cl)cc1)Nc1nnc(SCc2cccc3ccccc23)s1. The molecule has 5 nitrogen and oxygen atoms in total. The van der Waals surface area contributed by atoms with E-state index in [1.165, 1.54) is 27.7 Å². The van der Waals surface area contributed by atoms with Crippen LogP contribution in [0.25, 0.3) is 10.8 Å². The summed E-state index contributed by atoms with van der Waals surface area (Å²) in [6.07, 6.45) is 0. The number of hydrogen-bond donors (Lipinski definition) is 1. The Morgan fingerprint density at radius 3 is 2.69 bits per heavy atom. The molecular weight excluding hydrogens is 426 g/mol. The van der Waals surface area contributed by atoms with Crippen molar-refractivity contribution in [1.82, 2.24) is 10.2 Å². The Morgan fingerprint density at radius 1 is 1.03 bits per heavy atom. The Balaban J connectivity index is 1.31. The average molecular weight is 442 g/mol. The smallest absolute Gasteiger partial charge is 0.264 e. The van der Waals surface area contributed by atoms with Gasteiger partial charge in [-0.25, -0.2) is 0 Å². The molecule has 3 aromatic carbocycles. The predicted octanol–water partition coefficient (Wildman–Crippen LogP) is 5.65. The molecule has 1 aromatic heterocycles. The zero-order valence-electron chi connectivity index (χ0n) is 15.2. The number of anilines is 1. The first kappa shape index (κ1) is 19.7. The quantitative estimate of drug-likeness (QED) is 0.296. The summed E-state index contributed by atoms with van der Waals surface area (Å²) in [4.78, 5) is 12.1. The maximum absolute atomic E-state index is 12.1. The van der Waals surface area contributed by atoms with Gasteiger partial charge < -0.3 is 4.74 Å². The molecule has 4 aromatic rings. The number of amides is 1. The molecule has 0 atom stereocenters. The molecule has 146 valence electrons. The summed E-state index contributed by atoms with van der Waals surface area (Å²) >= 11 is 8.77. The number of halogens is 1. The molecule has 29 heavy (non-hydrogen) atoms. The van der Waals surface area contributed by atoms with Gasteiger partial charge in [0.05, 0.1) is 0 Å². The van der Waals surface area contributed by atoms with Crippen LogP contribution in [0, 0.1) is 0 Å². The third kappa shape index (κ3) is 5.26. The molecule has 0 saturated heterocycles. The van der Waals surface area contributed by atoms with E-state index in [0.717, 1.165) is 10.1 Å². The van der Waals surface area contributed by atoms with Crippen LogP contribution in [-0.2, 0) is 10.5 Å². The summed E-state index contributed by atoms with van der Waals surface area (Å²) in [6.45, 7) is -0.111. The number of carbonyl (C=O) groups excluding carboxylic acids is 1. The molecule has 0 spiro atoms. The Hall–Kier alpha value is -2.61. The number of fused-ring (bicyclic) bond motifs is 1. The fourth-order valence-electron chi connectivity index (χ4n) is 2.71. The molecular formula is C21H16ClN3O2S2. The molecule has 0 fully saturated rings. The summed E-state index contributed by atoms with van der Waals surface area (Å²) in [5, 5.41) is 14.4. The zero-order valence-corrected chi connectivity index (χ0v) is 17.6. The number of carbonyl (C=O) groups is 1. The van der Waals surface area contributed by atoms with E-state index in [0.29, 0.717) is 15.9 Å². The van der Waals surface area contributed by atoms with Crippen LogP contribution in [0.2, 0.25) is 5.02 Å². The van der Waals surface area contributed by atoms with Crippen LogP contribution in [0.5, 0.6) is 5.75 Å². The summed E-state index contributed by atoms with van der Waals surface area (Å²) in [5.41, 5.74) is 1.24. The monoisotopic (exact) mass is 441 g/mol. The van der Waals surface area contributed by atoms with Gasteiger partial charge in [0.2, 0.25) is 5.13 Å². The standard InChI is InChI=1S/C21H16ClN3O2S2/c22-16-8-10-17(11-9-16)27-12-19(26)23-20-24-25-21(29-20)28-13-15-6-3-5-14-4-1-2-7-18(14)15/h1-11H,12-13H2,(H,23,24,26). The van der Waals surface area contributed by atoms with Gasteiger partial charge in [0.15, 0.2) is 10.9 Å². The highest BCUT2D eigenvalue weighted by molar-refractivity contribution is 8.00. The second-order valence-electron chi connectivity index (χ2n) is 6.09. The first-order valence-electron chi connectivity index (χ1n) is 8.78. The van der Waals surface area contributed by atoms with Gasteiger partial charge in [-0.1, -0.05) is 77.2 Å². The summed E-state index contributed by atoms with van der Waals surface area (Å²) < 4.78 is 6.23. The fraction of sp³-hybridized carbons (Fsp3) is 0.0952. The molecule has 0 aliphatic heterocycles. The normalized spacial score (nSPS) is 10.8. The lowest BCUT2D eigenvalue weighted by Crippen LogP contribution is -2.20. The van der Waals surface area contributed by atoms with Gasteiger partial charge in [0.1, 0.15) is 5.75 Å². The topological polar surface area (TPSA) is 64.1 Å². The number of benzene rings is 3. The molecule has 0 aliphatic carbocycles. The lowest BCUT2D eigenvalue weighted by molar-refractivity contribution is -0.118. The Morgan fingerprint density at radius 2 is 1.83 bits per heavy atom. The van der Waals surface area contributed by atoms with Crippen molar-refractivity contribution in [2.24, 2.45) is 0 Å². The second kappa shape index (κ2) is 9.26. The first-order valence-corrected chi connectivity index (χ1v) is 11.0. The minimum absolute atomic E-state index is 0.111. The molecule has 0 radical (unpaired) electrons. The largest absolute Gasteiger partial charge is 0.484 e. The van der Waals surface area contributed by atoms with E-state index < -0.39 is 0 Å². The van der Waals surface area contributed by atoms with Crippen molar-refractivity contribution < 1.29 is 9.53 Å². The fourth-order valence-corrected chi connectivity index (χ4v) is 4.61. The van der Waals surface area contributed by atoms with E-state index in [9.17, 15) is 4.79 Å². The van der Waals surface area contributed by atoms with Crippen LogP contribution in [0.15, 0.2) is 71.1 Å². The highest BCUT2D eigenvalue weighted by Gasteiger charge is 2.10. The van der Waals surface area contributed by atoms with Gasteiger partial charge >= 0.3 is 0 Å².